The number of para-hydroxylation sites is 2. The van der Waals surface area contributed by atoms with Crippen LogP contribution in [0.1, 0.15) is 16.1 Å². The van der Waals surface area contributed by atoms with Gasteiger partial charge in [-0.25, -0.2) is 9.37 Å². The van der Waals surface area contributed by atoms with Crippen LogP contribution < -0.4 is 15.4 Å². The fraction of sp³-hybridized carbons (Fsp3) is 0.0833. The van der Waals surface area contributed by atoms with E-state index < -0.39 is 24.2 Å². The lowest BCUT2D eigenvalue weighted by Gasteiger charge is -2.11. The average molecular weight is 463 g/mol. The number of hydrogen-bond acceptors (Lipinski definition) is 6. The van der Waals surface area contributed by atoms with Crippen LogP contribution in [0.2, 0.25) is 0 Å². The lowest BCUT2D eigenvalue weighted by molar-refractivity contribution is -0.118. The maximum Gasteiger partial charge on any atom is 0.262 e. The van der Waals surface area contributed by atoms with E-state index in [0.717, 1.165) is 16.3 Å². The molecule has 9 heteroatoms. The van der Waals surface area contributed by atoms with E-state index in [9.17, 15) is 14.0 Å². The van der Waals surface area contributed by atoms with Gasteiger partial charge in [0.2, 0.25) is 0 Å². The molecule has 0 unspecified atom stereocenters. The van der Waals surface area contributed by atoms with Gasteiger partial charge in [-0.15, -0.1) is 0 Å². The van der Waals surface area contributed by atoms with Crippen LogP contribution in [0.25, 0.3) is 10.6 Å². The molecule has 0 atom stereocenters. The Hall–Kier alpha value is -4.11. The van der Waals surface area contributed by atoms with Crippen molar-refractivity contribution in [3.8, 4) is 16.3 Å². The molecule has 4 aromatic rings. The quantitative estimate of drug-likeness (QED) is 0.407. The summed E-state index contributed by atoms with van der Waals surface area (Å²) in [7, 11) is 0. The molecule has 0 fully saturated rings. The van der Waals surface area contributed by atoms with Crippen molar-refractivity contribution in [1.29, 1.82) is 0 Å². The molecule has 2 N–H and O–H groups in total. The van der Waals surface area contributed by atoms with Crippen molar-refractivity contribution >= 4 is 34.0 Å². The van der Waals surface area contributed by atoms with Gasteiger partial charge >= 0.3 is 0 Å². The molecule has 7 nitrogen and oxygen atoms in total. The van der Waals surface area contributed by atoms with E-state index in [4.69, 9.17) is 4.74 Å². The molecule has 0 aliphatic heterocycles. The van der Waals surface area contributed by atoms with Gasteiger partial charge in [-0.05, 0) is 43.3 Å². The number of pyridine rings is 1. The van der Waals surface area contributed by atoms with Crippen LogP contribution in [0.4, 0.5) is 15.2 Å². The van der Waals surface area contributed by atoms with Crippen molar-refractivity contribution in [3.05, 3.63) is 90.0 Å². The predicted molar refractivity (Wildman–Crippen MR) is 125 cm³/mol. The number of carbonyl (C=O) groups is 2. The molecule has 4 rings (SSSR count). The zero-order valence-corrected chi connectivity index (χ0v) is 18.4. The van der Waals surface area contributed by atoms with Crippen LogP contribution in [0.15, 0.2) is 72.9 Å². The molecule has 2 aromatic heterocycles. The van der Waals surface area contributed by atoms with Crippen LogP contribution in [-0.2, 0) is 4.79 Å². The first kappa shape index (κ1) is 22.1. The smallest absolute Gasteiger partial charge is 0.262 e. The average Bonchev–Trinajstić information content (AvgIpc) is 3.19. The Kier molecular flexibility index (Phi) is 6.70. The first-order chi connectivity index (χ1) is 16.0. The highest BCUT2D eigenvalue weighted by molar-refractivity contribution is 7.19. The van der Waals surface area contributed by atoms with Crippen molar-refractivity contribution < 1.29 is 18.7 Å². The molecule has 0 saturated heterocycles. The van der Waals surface area contributed by atoms with Gasteiger partial charge in [0.25, 0.3) is 11.8 Å². The van der Waals surface area contributed by atoms with Crippen molar-refractivity contribution in [2.75, 3.05) is 17.2 Å². The Morgan fingerprint density at radius 3 is 2.55 bits per heavy atom. The minimum Gasteiger partial charge on any atom is -0.483 e. The zero-order chi connectivity index (χ0) is 23.2. The summed E-state index contributed by atoms with van der Waals surface area (Å²) in [5, 5.41) is 5.64. The zero-order valence-electron chi connectivity index (χ0n) is 17.5. The molecule has 2 amide bonds. The molecule has 2 heterocycles. The molecule has 0 saturated carbocycles. The third-order valence-corrected chi connectivity index (χ3v) is 5.65. The molecule has 0 aliphatic rings. The summed E-state index contributed by atoms with van der Waals surface area (Å²) in [6.45, 7) is 1.46. The number of benzene rings is 2. The largest absolute Gasteiger partial charge is 0.483 e. The second-order valence-corrected chi connectivity index (χ2v) is 7.91. The minimum absolute atomic E-state index is 0.0555. The van der Waals surface area contributed by atoms with Gasteiger partial charge in [-0.1, -0.05) is 41.7 Å². The second-order valence-electron chi connectivity index (χ2n) is 6.92. The summed E-state index contributed by atoms with van der Waals surface area (Å²) in [6, 6.07) is 18.0. The number of carbonyl (C=O) groups excluding carboxylic acids is 2. The third kappa shape index (κ3) is 5.39. The number of rotatable bonds is 7. The van der Waals surface area contributed by atoms with E-state index in [-0.39, 0.29) is 17.0 Å². The number of nitrogens with zero attached hydrogens (tertiary/aromatic N) is 2. The van der Waals surface area contributed by atoms with Gasteiger partial charge in [0.1, 0.15) is 11.6 Å². The number of aromatic nitrogens is 2. The normalized spacial score (nSPS) is 10.5. The van der Waals surface area contributed by atoms with E-state index in [1.165, 1.54) is 29.5 Å². The van der Waals surface area contributed by atoms with Crippen molar-refractivity contribution in [1.82, 2.24) is 9.97 Å². The number of aryl methyl sites for hydroxylation is 1. The Bertz CT molecular complexity index is 1290. The fourth-order valence-corrected chi connectivity index (χ4v) is 3.96. The molecule has 0 spiro atoms. The van der Waals surface area contributed by atoms with Crippen LogP contribution >= 0.6 is 11.3 Å². The summed E-state index contributed by atoms with van der Waals surface area (Å²) in [5.41, 5.74) is 1.82. The minimum atomic E-state index is -0.550. The van der Waals surface area contributed by atoms with Crippen molar-refractivity contribution in [2.24, 2.45) is 0 Å². The highest BCUT2D eigenvalue weighted by Crippen LogP contribution is 2.32. The summed E-state index contributed by atoms with van der Waals surface area (Å²) < 4.78 is 19.3. The van der Waals surface area contributed by atoms with E-state index in [0.29, 0.717) is 5.13 Å². The Labute approximate surface area is 193 Å². The highest BCUT2D eigenvalue weighted by atomic mass is 32.1. The van der Waals surface area contributed by atoms with Crippen LogP contribution in [0.3, 0.4) is 0 Å². The summed E-state index contributed by atoms with van der Waals surface area (Å²) in [6.07, 6.45) is 1.70. The monoisotopic (exact) mass is 462 g/mol. The maximum atomic E-state index is 13.7. The maximum absolute atomic E-state index is 13.7. The number of amides is 2. The Morgan fingerprint density at radius 2 is 1.76 bits per heavy atom. The predicted octanol–water partition coefficient (Wildman–Crippen LogP) is 4.92. The van der Waals surface area contributed by atoms with Crippen LogP contribution in [-0.4, -0.2) is 28.4 Å². The van der Waals surface area contributed by atoms with Gasteiger partial charge in [-0.3, -0.25) is 19.9 Å². The van der Waals surface area contributed by atoms with E-state index in [1.807, 2.05) is 25.1 Å². The van der Waals surface area contributed by atoms with E-state index in [1.54, 1.807) is 36.5 Å². The van der Waals surface area contributed by atoms with Gasteiger partial charge in [-0.2, -0.15) is 0 Å². The number of thiazole rings is 1. The second kappa shape index (κ2) is 10.0. The van der Waals surface area contributed by atoms with Gasteiger partial charge < -0.3 is 10.1 Å². The van der Waals surface area contributed by atoms with Gasteiger partial charge in [0.05, 0.1) is 27.5 Å². The molecule has 2 aromatic carbocycles. The lowest BCUT2D eigenvalue weighted by Crippen LogP contribution is -2.22. The van der Waals surface area contributed by atoms with Crippen LogP contribution in [0.5, 0.6) is 5.75 Å². The fourth-order valence-electron chi connectivity index (χ4n) is 3.02. The molecule has 0 radical (unpaired) electrons. The van der Waals surface area contributed by atoms with Crippen LogP contribution in [0, 0.1) is 12.7 Å². The molecule has 33 heavy (non-hydrogen) atoms. The number of hydrogen-bond donors (Lipinski definition) is 2. The first-order valence-corrected chi connectivity index (χ1v) is 10.8. The standard InChI is InChI=1S/C24H19FN4O3S/c1-15-22(19-11-6-7-13-26-19)33-24(27-15)29-23(31)16-8-2-5-12-20(16)32-14-21(30)28-18-10-4-3-9-17(18)25/h2-13H,14H2,1H3,(H,28,30)(H,27,29,31). The Balaban J connectivity index is 1.43. The topological polar surface area (TPSA) is 93.2 Å². The molecular weight excluding hydrogens is 443 g/mol. The van der Waals surface area contributed by atoms with E-state index in [2.05, 4.69) is 20.6 Å². The molecule has 0 bridgehead atoms. The van der Waals surface area contributed by atoms with Crippen molar-refractivity contribution in [3.63, 3.8) is 0 Å². The Morgan fingerprint density at radius 1 is 1.00 bits per heavy atom. The summed E-state index contributed by atoms with van der Waals surface area (Å²) >= 11 is 1.32. The lowest BCUT2D eigenvalue weighted by atomic mass is 10.2. The summed E-state index contributed by atoms with van der Waals surface area (Å²) in [4.78, 5) is 34.7. The SMILES string of the molecule is Cc1nc(NC(=O)c2ccccc2OCC(=O)Nc2ccccc2F)sc1-c1ccccn1. The van der Waals surface area contributed by atoms with Gasteiger partial charge in [0.15, 0.2) is 11.7 Å². The third-order valence-electron chi connectivity index (χ3n) is 4.55. The highest BCUT2D eigenvalue weighted by Gasteiger charge is 2.17. The molecule has 166 valence electrons. The summed E-state index contributed by atoms with van der Waals surface area (Å²) in [5.74, 6) is -1.31. The first-order valence-electron chi connectivity index (χ1n) is 9.97. The molecular formula is C24H19FN4O3S. The molecule has 0 aliphatic carbocycles. The van der Waals surface area contributed by atoms with Crippen molar-refractivity contribution in [2.45, 2.75) is 6.92 Å². The number of nitrogens with one attached hydrogen (secondary N) is 2. The number of ether oxygens (including phenoxy) is 1. The number of halogens is 1. The number of anilines is 2. The van der Waals surface area contributed by atoms with Gasteiger partial charge in [0, 0.05) is 6.20 Å². The van der Waals surface area contributed by atoms with E-state index >= 15 is 0 Å².